The Morgan fingerprint density at radius 2 is 1.94 bits per heavy atom. The van der Waals surface area contributed by atoms with Crippen LogP contribution in [0.2, 0.25) is 0 Å². The van der Waals surface area contributed by atoms with Gasteiger partial charge in [-0.2, -0.15) is 0 Å². The molecule has 0 amide bonds. The monoisotopic (exact) mass is 296 g/mol. The molecule has 0 radical (unpaired) electrons. The molecule has 0 fully saturated rings. The second-order valence-corrected chi connectivity index (χ2v) is 4.29. The smallest absolute Gasteiger partial charge is 0.188 e. The Balaban J connectivity index is 2.59. The summed E-state index contributed by atoms with van der Waals surface area (Å²) < 4.78 is 16.6. The fraction of sp³-hybridized carbons (Fsp3) is 0.231. The summed E-state index contributed by atoms with van der Waals surface area (Å²) in [4.78, 5) is 0. The van der Waals surface area contributed by atoms with Crippen LogP contribution >= 0.6 is 15.9 Å². The molecule has 0 heterocycles. The van der Waals surface area contributed by atoms with E-state index in [-0.39, 0.29) is 6.79 Å². The lowest BCUT2D eigenvalue weighted by molar-refractivity contribution is 0.0487. The molecule has 0 N–H and O–H groups in total. The van der Waals surface area contributed by atoms with Gasteiger partial charge >= 0.3 is 0 Å². The Labute approximate surface area is 108 Å². The van der Waals surface area contributed by atoms with Crippen molar-refractivity contribution in [3.05, 3.63) is 34.8 Å². The minimum Gasteiger partial charge on any atom is -0.493 e. The predicted octanol–water partition coefficient (Wildman–Crippen LogP) is 3.59. The summed E-state index contributed by atoms with van der Waals surface area (Å²) >= 11 is 3.54. The highest BCUT2D eigenvalue weighted by Gasteiger charge is 2.13. The van der Waals surface area contributed by atoms with E-state index in [0.717, 1.165) is 15.2 Å². The van der Waals surface area contributed by atoms with Crippen LogP contribution in [0.1, 0.15) is 0 Å². The second-order valence-electron chi connectivity index (χ2n) is 3.49. The van der Waals surface area contributed by atoms with E-state index >= 15 is 0 Å². The van der Waals surface area contributed by atoms with Gasteiger partial charge < -0.3 is 14.2 Å². The van der Waals surface area contributed by atoms with Crippen LogP contribution < -0.4 is 9.47 Å². The highest BCUT2D eigenvalue weighted by Crippen LogP contribution is 2.41. The van der Waals surface area contributed by atoms with Crippen LogP contribution in [0.25, 0.3) is 10.8 Å². The fourth-order valence-electron chi connectivity index (χ4n) is 1.66. The third kappa shape index (κ3) is 2.37. The number of hydrogen-bond acceptors (Lipinski definition) is 3. The van der Waals surface area contributed by atoms with Crippen molar-refractivity contribution in [2.75, 3.05) is 21.0 Å². The molecule has 90 valence electrons. The average Bonchev–Trinajstić information content (AvgIpc) is 2.37. The van der Waals surface area contributed by atoms with Crippen LogP contribution in [0.15, 0.2) is 34.8 Å². The summed E-state index contributed by atoms with van der Waals surface area (Å²) in [5.41, 5.74) is 0. The first-order valence-electron chi connectivity index (χ1n) is 5.15. The van der Waals surface area contributed by atoms with Gasteiger partial charge in [0, 0.05) is 7.11 Å². The molecule has 0 unspecified atom stereocenters. The van der Waals surface area contributed by atoms with E-state index in [9.17, 15) is 0 Å². The molecule has 2 rings (SSSR count). The third-order valence-electron chi connectivity index (χ3n) is 2.45. The van der Waals surface area contributed by atoms with Crippen molar-refractivity contribution in [1.29, 1.82) is 0 Å². The van der Waals surface area contributed by atoms with Crippen LogP contribution in [0.3, 0.4) is 0 Å². The first-order valence-corrected chi connectivity index (χ1v) is 5.94. The van der Waals surface area contributed by atoms with Crippen LogP contribution in [-0.2, 0) is 4.74 Å². The van der Waals surface area contributed by atoms with Gasteiger partial charge in [-0.3, -0.25) is 0 Å². The van der Waals surface area contributed by atoms with Gasteiger partial charge in [0.1, 0.15) is 0 Å². The highest BCUT2D eigenvalue weighted by molar-refractivity contribution is 9.10. The van der Waals surface area contributed by atoms with E-state index in [1.54, 1.807) is 14.2 Å². The van der Waals surface area contributed by atoms with E-state index in [0.29, 0.717) is 11.5 Å². The van der Waals surface area contributed by atoms with Crippen LogP contribution in [-0.4, -0.2) is 21.0 Å². The predicted molar refractivity (Wildman–Crippen MR) is 70.7 cm³/mol. The van der Waals surface area contributed by atoms with E-state index in [4.69, 9.17) is 14.2 Å². The summed E-state index contributed by atoms with van der Waals surface area (Å²) in [7, 11) is 3.21. The van der Waals surface area contributed by atoms with Crippen molar-refractivity contribution in [2.45, 2.75) is 0 Å². The maximum atomic E-state index is 5.52. The molecule has 0 atom stereocenters. The minimum atomic E-state index is 0.188. The number of rotatable bonds is 4. The summed E-state index contributed by atoms with van der Waals surface area (Å²) in [6.45, 7) is 0.188. The third-order valence-corrected chi connectivity index (χ3v) is 3.24. The van der Waals surface area contributed by atoms with E-state index in [1.807, 2.05) is 30.3 Å². The Bertz CT molecular complexity index is 525. The maximum absolute atomic E-state index is 5.52. The van der Waals surface area contributed by atoms with Crippen molar-refractivity contribution in [3.63, 3.8) is 0 Å². The summed E-state index contributed by atoms with van der Waals surface area (Å²) in [5, 5.41) is 2.18. The van der Waals surface area contributed by atoms with Gasteiger partial charge in [-0.1, -0.05) is 24.3 Å². The topological polar surface area (TPSA) is 27.7 Å². The summed E-state index contributed by atoms with van der Waals surface area (Å²) in [6.07, 6.45) is 0. The van der Waals surface area contributed by atoms with Gasteiger partial charge in [-0.05, 0) is 32.8 Å². The Morgan fingerprint density at radius 3 is 2.65 bits per heavy atom. The van der Waals surface area contributed by atoms with Crippen molar-refractivity contribution < 1.29 is 14.2 Å². The van der Waals surface area contributed by atoms with E-state index < -0.39 is 0 Å². The van der Waals surface area contributed by atoms with Gasteiger partial charge in [0.15, 0.2) is 18.3 Å². The number of fused-ring (bicyclic) bond motifs is 1. The number of ether oxygens (including phenoxy) is 3. The molecule has 3 nitrogen and oxygen atoms in total. The van der Waals surface area contributed by atoms with Crippen molar-refractivity contribution in [2.24, 2.45) is 0 Å². The number of methoxy groups -OCH3 is 2. The first kappa shape index (κ1) is 12.2. The Hall–Kier alpha value is -1.26. The zero-order valence-corrected chi connectivity index (χ0v) is 11.3. The summed E-state index contributed by atoms with van der Waals surface area (Å²) in [5.74, 6) is 1.35. The molecule has 0 spiro atoms. The van der Waals surface area contributed by atoms with Crippen molar-refractivity contribution >= 4 is 26.7 Å². The molecular weight excluding hydrogens is 284 g/mol. The molecule has 4 heteroatoms. The van der Waals surface area contributed by atoms with Crippen LogP contribution in [0, 0.1) is 0 Å². The molecule has 0 saturated carbocycles. The highest BCUT2D eigenvalue weighted by atomic mass is 79.9. The molecule has 0 aliphatic heterocycles. The largest absolute Gasteiger partial charge is 0.493 e. The molecule has 0 aliphatic carbocycles. The van der Waals surface area contributed by atoms with E-state index in [2.05, 4.69) is 15.9 Å². The number of hydrogen-bond donors (Lipinski definition) is 0. The lowest BCUT2D eigenvalue weighted by Gasteiger charge is -2.13. The van der Waals surface area contributed by atoms with Crippen molar-refractivity contribution in [1.82, 2.24) is 0 Å². The zero-order valence-electron chi connectivity index (χ0n) is 9.70. The quantitative estimate of drug-likeness (QED) is 0.807. The molecule has 2 aromatic rings. The number of halogens is 1. The van der Waals surface area contributed by atoms with Crippen LogP contribution in [0.4, 0.5) is 0 Å². The van der Waals surface area contributed by atoms with Gasteiger partial charge in [0.2, 0.25) is 0 Å². The fourth-order valence-corrected chi connectivity index (χ4v) is 2.33. The molecule has 0 saturated heterocycles. The average molecular weight is 297 g/mol. The lowest BCUT2D eigenvalue weighted by atomic mass is 10.1. The number of benzene rings is 2. The molecule has 17 heavy (non-hydrogen) atoms. The van der Waals surface area contributed by atoms with Crippen LogP contribution in [0.5, 0.6) is 11.5 Å². The lowest BCUT2D eigenvalue weighted by Crippen LogP contribution is -2.01. The second kappa shape index (κ2) is 5.38. The molecule has 0 bridgehead atoms. The van der Waals surface area contributed by atoms with Gasteiger partial charge in [-0.25, -0.2) is 0 Å². The SMILES string of the molecule is COCOc1c(OC)cc2ccccc2c1Br. The van der Waals surface area contributed by atoms with Crippen molar-refractivity contribution in [3.8, 4) is 11.5 Å². The minimum absolute atomic E-state index is 0.188. The van der Waals surface area contributed by atoms with Gasteiger partial charge in [0.05, 0.1) is 11.6 Å². The van der Waals surface area contributed by atoms with Gasteiger partial charge in [0.25, 0.3) is 0 Å². The normalized spacial score (nSPS) is 10.5. The Kier molecular flexibility index (Phi) is 3.86. The standard InChI is InChI=1S/C13H13BrO3/c1-15-8-17-13-11(16-2)7-9-5-3-4-6-10(9)12(13)14/h3-7H,8H2,1-2H3. The molecular formula is C13H13BrO3. The van der Waals surface area contributed by atoms with E-state index in [1.165, 1.54) is 0 Å². The zero-order chi connectivity index (χ0) is 12.3. The first-order chi connectivity index (χ1) is 8.27. The summed E-state index contributed by atoms with van der Waals surface area (Å²) in [6, 6.07) is 9.98. The maximum Gasteiger partial charge on any atom is 0.188 e. The molecule has 2 aromatic carbocycles. The molecule has 0 aromatic heterocycles. The Morgan fingerprint density at radius 1 is 1.18 bits per heavy atom. The molecule has 0 aliphatic rings. The van der Waals surface area contributed by atoms with Gasteiger partial charge in [-0.15, -0.1) is 0 Å².